The lowest BCUT2D eigenvalue weighted by molar-refractivity contribution is 0.153. The molecular formula is C15H23NO2. The maximum Gasteiger partial charge on any atom is 0.124 e. The fraction of sp³-hybridized carbons (Fsp3) is 0.600. The van der Waals surface area contributed by atoms with E-state index < -0.39 is 0 Å². The van der Waals surface area contributed by atoms with Gasteiger partial charge in [0.25, 0.3) is 0 Å². The predicted molar refractivity (Wildman–Crippen MR) is 73.3 cm³/mol. The van der Waals surface area contributed by atoms with E-state index in [1.54, 1.807) is 7.11 Å². The van der Waals surface area contributed by atoms with E-state index in [9.17, 15) is 0 Å². The minimum Gasteiger partial charge on any atom is -0.497 e. The van der Waals surface area contributed by atoms with Gasteiger partial charge in [-0.2, -0.15) is 0 Å². The van der Waals surface area contributed by atoms with Crippen LogP contribution in [-0.4, -0.2) is 20.3 Å². The van der Waals surface area contributed by atoms with E-state index in [2.05, 4.69) is 11.4 Å². The number of hydrogen-bond acceptors (Lipinski definition) is 3. The number of methoxy groups -OCH3 is 1. The predicted octanol–water partition coefficient (Wildman–Crippen LogP) is 3.13. The highest BCUT2D eigenvalue weighted by molar-refractivity contribution is 5.40. The monoisotopic (exact) mass is 249 g/mol. The summed E-state index contributed by atoms with van der Waals surface area (Å²) in [4.78, 5) is 0. The molecular weight excluding hydrogens is 226 g/mol. The second-order valence-corrected chi connectivity index (χ2v) is 4.88. The smallest absolute Gasteiger partial charge is 0.124 e. The molecule has 1 fully saturated rings. The third-order valence-corrected chi connectivity index (χ3v) is 3.48. The zero-order valence-electron chi connectivity index (χ0n) is 11.4. The van der Waals surface area contributed by atoms with E-state index in [1.807, 2.05) is 19.2 Å². The lowest BCUT2D eigenvalue weighted by Crippen LogP contribution is -2.20. The van der Waals surface area contributed by atoms with Crippen LogP contribution in [0.5, 0.6) is 11.5 Å². The van der Waals surface area contributed by atoms with Crippen LogP contribution in [0.2, 0.25) is 0 Å². The van der Waals surface area contributed by atoms with Gasteiger partial charge in [0.15, 0.2) is 0 Å². The average Bonchev–Trinajstić information content (AvgIpc) is 2.42. The number of hydrogen-bond donors (Lipinski definition) is 1. The fourth-order valence-corrected chi connectivity index (χ4v) is 2.49. The first-order chi connectivity index (χ1) is 8.83. The van der Waals surface area contributed by atoms with Crippen molar-refractivity contribution in [1.82, 2.24) is 5.32 Å². The highest BCUT2D eigenvalue weighted by atomic mass is 16.5. The van der Waals surface area contributed by atoms with Gasteiger partial charge in [-0.3, -0.25) is 0 Å². The zero-order chi connectivity index (χ0) is 12.8. The Kier molecular flexibility index (Phi) is 4.88. The van der Waals surface area contributed by atoms with Crippen LogP contribution >= 0.6 is 0 Å². The highest BCUT2D eigenvalue weighted by Crippen LogP contribution is 2.28. The average molecular weight is 249 g/mol. The molecule has 0 bridgehead atoms. The van der Waals surface area contributed by atoms with Gasteiger partial charge in [0.1, 0.15) is 11.5 Å². The van der Waals surface area contributed by atoms with Crippen LogP contribution in [0.3, 0.4) is 0 Å². The largest absolute Gasteiger partial charge is 0.497 e. The molecule has 2 rings (SSSR count). The molecule has 0 amide bonds. The van der Waals surface area contributed by atoms with Crippen molar-refractivity contribution in [2.75, 3.05) is 14.2 Å². The molecule has 3 heteroatoms. The molecule has 1 aromatic rings. The Bertz CT molecular complexity index is 373. The molecule has 0 unspecified atom stereocenters. The zero-order valence-corrected chi connectivity index (χ0v) is 11.4. The fourth-order valence-electron chi connectivity index (χ4n) is 2.49. The Balaban J connectivity index is 2.09. The topological polar surface area (TPSA) is 30.5 Å². The number of ether oxygens (including phenoxy) is 2. The van der Waals surface area contributed by atoms with Gasteiger partial charge in [0.05, 0.1) is 13.2 Å². The molecule has 0 aromatic heterocycles. The molecule has 18 heavy (non-hydrogen) atoms. The Morgan fingerprint density at radius 3 is 2.67 bits per heavy atom. The van der Waals surface area contributed by atoms with Gasteiger partial charge < -0.3 is 14.8 Å². The summed E-state index contributed by atoms with van der Waals surface area (Å²) in [6, 6.07) is 6.05. The first kappa shape index (κ1) is 13.2. The summed E-state index contributed by atoms with van der Waals surface area (Å²) in [5, 5.41) is 3.18. The number of rotatable bonds is 5. The molecule has 0 aliphatic heterocycles. The van der Waals surface area contributed by atoms with Gasteiger partial charge in [-0.05, 0) is 50.9 Å². The van der Waals surface area contributed by atoms with Crippen molar-refractivity contribution in [1.29, 1.82) is 0 Å². The van der Waals surface area contributed by atoms with Crippen molar-refractivity contribution in [3.05, 3.63) is 23.8 Å². The van der Waals surface area contributed by atoms with E-state index in [0.29, 0.717) is 6.10 Å². The first-order valence-corrected chi connectivity index (χ1v) is 6.81. The van der Waals surface area contributed by atoms with Gasteiger partial charge >= 0.3 is 0 Å². The molecule has 1 aromatic carbocycles. The van der Waals surface area contributed by atoms with Gasteiger partial charge in [0.2, 0.25) is 0 Å². The Labute approximate surface area is 109 Å². The summed E-state index contributed by atoms with van der Waals surface area (Å²) in [6.07, 6.45) is 6.70. The molecule has 1 aliphatic rings. The van der Waals surface area contributed by atoms with Gasteiger partial charge in [-0.25, -0.2) is 0 Å². The van der Waals surface area contributed by atoms with E-state index in [1.165, 1.54) is 37.7 Å². The summed E-state index contributed by atoms with van der Waals surface area (Å²) < 4.78 is 11.4. The minimum atomic E-state index is 0.391. The molecule has 1 N–H and O–H groups in total. The molecule has 0 heterocycles. The SMILES string of the molecule is CNCc1cc(OC)ccc1OC1CCCCC1. The van der Waals surface area contributed by atoms with E-state index in [0.717, 1.165) is 18.0 Å². The third kappa shape index (κ3) is 3.39. The van der Waals surface area contributed by atoms with Crippen LogP contribution in [0.4, 0.5) is 0 Å². The van der Waals surface area contributed by atoms with Gasteiger partial charge in [0, 0.05) is 12.1 Å². The molecule has 0 atom stereocenters. The molecule has 3 nitrogen and oxygen atoms in total. The summed E-state index contributed by atoms with van der Waals surface area (Å²) in [7, 11) is 3.64. The standard InChI is InChI=1S/C15H23NO2/c1-16-11-12-10-14(17-2)8-9-15(12)18-13-6-4-3-5-7-13/h8-10,13,16H,3-7,11H2,1-2H3. The molecule has 1 saturated carbocycles. The van der Waals surface area contributed by atoms with Crippen LogP contribution in [0.15, 0.2) is 18.2 Å². The van der Waals surface area contributed by atoms with E-state index in [4.69, 9.17) is 9.47 Å². The summed E-state index contributed by atoms with van der Waals surface area (Å²) in [6.45, 7) is 0.805. The van der Waals surface area contributed by atoms with E-state index >= 15 is 0 Å². The normalized spacial score (nSPS) is 16.6. The molecule has 0 saturated heterocycles. The second-order valence-electron chi connectivity index (χ2n) is 4.88. The maximum atomic E-state index is 6.14. The van der Waals surface area contributed by atoms with Gasteiger partial charge in [-0.15, -0.1) is 0 Å². The highest BCUT2D eigenvalue weighted by Gasteiger charge is 2.16. The van der Waals surface area contributed by atoms with Crippen molar-refractivity contribution in [2.24, 2.45) is 0 Å². The second kappa shape index (κ2) is 6.64. The van der Waals surface area contributed by atoms with Crippen LogP contribution in [-0.2, 0) is 6.54 Å². The molecule has 1 aliphatic carbocycles. The van der Waals surface area contributed by atoms with Crippen molar-refractivity contribution in [3.8, 4) is 11.5 Å². The maximum absolute atomic E-state index is 6.14. The van der Waals surface area contributed by atoms with Crippen LogP contribution in [0.25, 0.3) is 0 Å². The third-order valence-electron chi connectivity index (χ3n) is 3.48. The van der Waals surface area contributed by atoms with Crippen LogP contribution in [0.1, 0.15) is 37.7 Å². The quantitative estimate of drug-likeness (QED) is 0.869. The molecule has 0 spiro atoms. The molecule has 100 valence electrons. The lowest BCUT2D eigenvalue weighted by atomic mass is 9.97. The van der Waals surface area contributed by atoms with E-state index in [-0.39, 0.29) is 0 Å². The summed E-state index contributed by atoms with van der Waals surface area (Å²) >= 11 is 0. The summed E-state index contributed by atoms with van der Waals surface area (Å²) in [5.74, 6) is 1.88. The Morgan fingerprint density at radius 2 is 2.00 bits per heavy atom. The first-order valence-electron chi connectivity index (χ1n) is 6.81. The number of nitrogens with one attached hydrogen (secondary N) is 1. The Morgan fingerprint density at radius 1 is 1.22 bits per heavy atom. The van der Waals surface area contributed by atoms with Crippen LogP contribution in [0, 0.1) is 0 Å². The lowest BCUT2D eigenvalue weighted by Gasteiger charge is -2.24. The number of benzene rings is 1. The van der Waals surface area contributed by atoms with Crippen molar-refractivity contribution in [3.63, 3.8) is 0 Å². The van der Waals surface area contributed by atoms with Gasteiger partial charge in [-0.1, -0.05) is 6.42 Å². The Hall–Kier alpha value is -1.22. The van der Waals surface area contributed by atoms with Crippen molar-refractivity contribution < 1.29 is 9.47 Å². The van der Waals surface area contributed by atoms with Crippen LogP contribution < -0.4 is 14.8 Å². The molecule has 0 radical (unpaired) electrons. The van der Waals surface area contributed by atoms with Crippen molar-refractivity contribution >= 4 is 0 Å². The van der Waals surface area contributed by atoms with Crippen molar-refractivity contribution in [2.45, 2.75) is 44.8 Å². The summed E-state index contributed by atoms with van der Waals surface area (Å²) in [5.41, 5.74) is 1.17. The minimum absolute atomic E-state index is 0.391.